The van der Waals surface area contributed by atoms with Crippen molar-refractivity contribution in [1.82, 2.24) is 4.98 Å². The minimum Gasteiger partial charge on any atom is -0.370 e. The van der Waals surface area contributed by atoms with E-state index in [1.54, 1.807) is 0 Å². The van der Waals surface area contributed by atoms with Crippen molar-refractivity contribution in [3.05, 3.63) is 23.4 Å². The van der Waals surface area contributed by atoms with Crippen molar-refractivity contribution in [3.63, 3.8) is 0 Å². The van der Waals surface area contributed by atoms with E-state index in [4.69, 9.17) is 4.98 Å². The number of nitrogens with zero attached hydrogens (tertiary/aromatic N) is 1. The lowest BCUT2D eigenvalue weighted by Gasteiger charge is -2.17. The van der Waals surface area contributed by atoms with Crippen LogP contribution in [0.1, 0.15) is 43.4 Å². The van der Waals surface area contributed by atoms with Crippen LogP contribution in [0.2, 0.25) is 0 Å². The molecule has 1 aromatic heterocycles. The van der Waals surface area contributed by atoms with Crippen LogP contribution in [0.25, 0.3) is 0 Å². The topological polar surface area (TPSA) is 24.9 Å². The third-order valence-corrected chi connectivity index (χ3v) is 4.90. The summed E-state index contributed by atoms with van der Waals surface area (Å²) in [5.41, 5.74) is 2.82. The van der Waals surface area contributed by atoms with Gasteiger partial charge in [0.25, 0.3) is 0 Å². The molecule has 18 heavy (non-hydrogen) atoms. The predicted octanol–water partition coefficient (Wildman–Crippen LogP) is 3.42. The van der Waals surface area contributed by atoms with E-state index in [1.165, 1.54) is 56.2 Å². The SMILES string of the molecule is c1cc2c(nc1NCC(C1CC1)C1CC1)CCC2. The first-order chi connectivity index (χ1) is 8.90. The monoisotopic (exact) mass is 242 g/mol. The molecule has 1 heterocycles. The van der Waals surface area contributed by atoms with Crippen molar-refractivity contribution in [1.29, 1.82) is 0 Å². The van der Waals surface area contributed by atoms with Gasteiger partial charge >= 0.3 is 0 Å². The predicted molar refractivity (Wildman–Crippen MR) is 73.7 cm³/mol. The first kappa shape index (κ1) is 10.8. The Kier molecular flexibility index (Phi) is 2.56. The molecule has 0 radical (unpaired) electrons. The van der Waals surface area contributed by atoms with Crippen LogP contribution in [0.5, 0.6) is 0 Å². The molecule has 2 fully saturated rings. The summed E-state index contributed by atoms with van der Waals surface area (Å²) >= 11 is 0. The van der Waals surface area contributed by atoms with E-state index < -0.39 is 0 Å². The van der Waals surface area contributed by atoms with E-state index in [-0.39, 0.29) is 0 Å². The number of aryl methyl sites for hydroxylation is 2. The van der Waals surface area contributed by atoms with Crippen LogP contribution >= 0.6 is 0 Å². The Hall–Kier alpha value is -1.05. The number of hydrogen-bond acceptors (Lipinski definition) is 2. The van der Waals surface area contributed by atoms with E-state index in [0.717, 1.165) is 30.1 Å². The molecule has 2 nitrogen and oxygen atoms in total. The molecule has 0 spiro atoms. The largest absolute Gasteiger partial charge is 0.370 e. The number of rotatable bonds is 5. The van der Waals surface area contributed by atoms with Gasteiger partial charge in [0.1, 0.15) is 5.82 Å². The maximum absolute atomic E-state index is 4.77. The smallest absolute Gasteiger partial charge is 0.126 e. The van der Waals surface area contributed by atoms with Crippen LogP contribution in [0.3, 0.4) is 0 Å². The van der Waals surface area contributed by atoms with E-state index in [1.807, 2.05) is 0 Å². The van der Waals surface area contributed by atoms with Crippen LogP contribution < -0.4 is 5.32 Å². The van der Waals surface area contributed by atoms with Crippen LogP contribution in [0, 0.1) is 17.8 Å². The van der Waals surface area contributed by atoms with E-state index >= 15 is 0 Å². The Morgan fingerprint density at radius 2 is 1.89 bits per heavy atom. The fraction of sp³-hybridized carbons (Fsp3) is 0.688. The Labute approximate surface area is 109 Å². The van der Waals surface area contributed by atoms with E-state index in [0.29, 0.717) is 0 Å². The van der Waals surface area contributed by atoms with Gasteiger partial charge in [0, 0.05) is 12.2 Å². The molecule has 96 valence electrons. The molecule has 0 unspecified atom stereocenters. The highest BCUT2D eigenvalue weighted by Crippen LogP contribution is 2.49. The molecule has 0 amide bonds. The van der Waals surface area contributed by atoms with Crippen LogP contribution in [-0.4, -0.2) is 11.5 Å². The number of anilines is 1. The number of fused-ring (bicyclic) bond motifs is 1. The number of pyridine rings is 1. The van der Waals surface area contributed by atoms with Gasteiger partial charge in [-0.15, -0.1) is 0 Å². The highest BCUT2D eigenvalue weighted by molar-refractivity contribution is 5.40. The second kappa shape index (κ2) is 4.25. The molecule has 0 saturated heterocycles. The minimum absolute atomic E-state index is 0.931. The molecule has 3 aliphatic rings. The van der Waals surface area contributed by atoms with Gasteiger partial charge in [0.05, 0.1) is 0 Å². The minimum atomic E-state index is 0.931. The molecule has 1 N–H and O–H groups in total. The summed E-state index contributed by atoms with van der Waals surface area (Å²) in [6.45, 7) is 1.15. The molecule has 3 aliphatic carbocycles. The second-order valence-corrected chi connectivity index (χ2v) is 6.38. The van der Waals surface area contributed by atoms with E-state index in [2.05, 4.69) is 17.4 Å². The average molecular weight is 242 g/mol. The molecule has 1 aromatic rings. The highest BCUT2D eigenvalue weighted by Gasteiger charge is 2.41. The zero-order chi connectivity index (χ0) is 11.9. The third-order valence-electron chi connectivity index (χ3n) is 4.90. The quantitative estimate of drug-likeness (QED) is 0.855. The maximum Gasteiger partial charge on any atom is 0.126 e. The molecule has 4 rings (SSSR count). The van der Waals surface area contributed by atoms with Gasteiger partial charge in [-0.3, -0.25) is 0 Å². The Morgan fingerprint density at radius 1 is 1.11 bits per heavy atom. The Bertz CT molecular complexity index is 434. The fourth-order valence-electron chi connectivity index (χ4n) is 3.51. The van der Waals surface area contributed by atoms with Gasteiger partial charge in [-0.25, -0.2) is 4.98 Å². The lowest BCUT2D eigenvalue weighted by atomic mass is 9.98. The Morgan fingerprint density at radius 3 is 2.61 bits per heavy atom. The highest BCUT2D eigenvalue weighted by atomic mass is 15.0. The summed E-state index contributed by atoms with van der Waals surface area (Å²) in [6, 6.07) is 4.46. The molecule has 2 heteroatoms. The van der Waals surface area contributed by atoms with Gasteiger partial charge < -0.3 is 5.32 Å². The summed E-state index contributed by atoms with van der Waals surface area (Å²) in [4.78, 5) is 4.77. The molecule has 0 aromatic carbocycles. The summed E-state index contributed by atoms with van der Waals surface area (Å²) in [5.74, 6) is 4.10. The van der Waals surface area contributed by atoms with Crippen molar-refractivity contribution in [2.75, 3.05) is 11.9 Å². The molecular weight excluding hydrogens is 220 g/mol. The van der Waals surface area contributed by atoms with Crippen molar-refractivity contribution < 1.29 is 0 Å². The molecule has 0 atom stereocenters. The van der Waals surface area contributed by atoms with Crippen molar-refractivity contribution in [2.45, 2.75) is 44.9 Å². The number of aromatic nitrogens is 1. The number of hydrogen-bond donors (Lipinski definition) is 1. The van der Waals surface area contributed by atoms with Gasteiger partial charge in [-0.1, -0.05) is 6.07 Å². The first-order valence-electron chi connectivity index (χ1n) is 7.63. The van der Waals surface area contributed by atoms with Gasteiger partial charge in [-0.2, -0.15) is 0 Å². The van der Waals surface area contributed by atoms with Gasteiger partial charge in [0.2, 0.25) is 0 Å². The summed E-state index contributed by atoms with van der Waals surface area (Å²) < 4.78 is 0. The molecular formula is C16H22N2. The van der Waals surface area contributed by atoms with E-state index in [9.17, 15) is 0 Å². The zero-order valence-corrected chi connectivity index (χ0v) is 11.0. The summed E-state index contributed by atoms with van der Waals surface area (Å²) in [5, 5.41) is 3.61. The summed E-state index contributed by atoms with van der Waals surface area (Å²) in [6.07, 6.45) is 9.59. The maximum atomic E-state index is 4.77. The van der Waals surface area contributed by atoms with Gasteiger partial charge in [0.15, 0.2) is 0 Å². The zero-order valence-electron chi connectivity index (χ0n) is 11.0. The molecule has 0 aliphatic heterocycles. The normalized spacial score (nSPS) is 22.3. The van der Waals surface area contributed by atoms with Gasteiger partial charge in [-0.05, 0) is 74.3 Å². The fourth-order valence-corrected chi connectivity index (χ4v) is 3.51. The third kappa shape index (κ3) is 2.13. The second-order valence-electron chi connectivity index (χ2n) is 6.38. The molecule has 2 saturated carbocycles. The lowest BCUT2D eigenvalue weighted by Crippen LogP contribution is -2.19. The lowest BCUT2D eigenvalue weighted by molar-refractivity contribution is 0.427. The number of nitrogens with one attached hydrogen (secondary N) is 1. The van der Waals surface area contributed by atoms with Crippen molar-refractivity contribution >= 4 is 5.82 Å². The first-order valence-corrected chi connectivity index (χ1v) is 7.63. The molecule has 0 bridgehead atoms. The standard InChI is InChI=1S/C16H22N2/c1-2-13-8-9-16(18-15(13)3-1)17-10-14(11-4-5-11)12-6-7-12/h8-9,11-12,14H,1-7,10H2,(H,17,18). The van der Waals surface area contributed by atoms with Crippen molar-refractivity contribution in [2.24, 2.45) is 17.8 Å². The average Bonchev–Trinajstić information content (AvgIpc) is 3.29. The Balaban J connectivity index is 1.41. The van der Waals surface area contributed by atoms with Crippen LogP contribution in [0.15, 0.2) is 12.1 Å². The van der Waals surface area contributed by atoms with Crippen molar-refractivity contribution in [3.8, 4) is 0 Å². The van der Waals surface area contributed by atoms with Crippen LogP contribution in [-0.2, 0) is 12.8 Å². The summed E-state index contributed by atoms with van der Waals surface area (Å²) in [7, 11) is 0. The van der Waals surface area contributed by atoms with Crippen LogP contribution in [0.4, 0.5) is 5.82 Å².